The second kappa shape index (κ2) is 9.46. The molecule has 4 rings (SSSR count). The van der Waals surface area contributed by atoms with Gasteiger partial charge in [0.15, 0.2) is 0 Å². The number of pyridine rings is 2. The summed E-state index contributed by atoms with van der Waals surface area (Å²) >= 11 is 0. The molecule has 0 spiro atoms. The van der Waals surface area contributed by atoms with Gasteiger partial charge in [0, 0.05) is 23.4 Å². The molecule has 2 aromatic rings. The summed E-state index contributed by atoms with van der Waals surface area (Å²) in [4.78, 5) is 20.9. The van der Waals surface area contributed by atoms with Crippen LogP contribution in [0.4, 0.5) is 13.2 Å². The highest BCUT2D eigenvalue weighted by Crippen LogP contribution is 2.47. The fourth-order valence-electron chi connectivity index (χ4n) is 4.36. The molecule has 2 aromatic heterocycles. The van der Waals surface area contributed by atoms with E-state index in [1.54, 1.807) is 19.3 Å². The van der Waals surface area contributed by atoms with Crippen LogP contribution in [-0.4, -0.2) is 35.3 Å². The summed E-state index contributed by atoms with van der Waals surface area (Å²) < 4.78 is 49.5. The lowest BCUT2D eigenvalue weighted by Crippen LogP contribution is -2.29. The molecular formula is C24H27F3N2O3. The van der Waals surface area contributed by atoms with E-state index in [-0.39, 0.29) is 36.6 Å². The number of carbonyl (C=O) groups is 1. The number of carbonyl (C=O) groups excluding carboxylic acids is 1. The molecule has 32 heavy (non-hydrogen) atoms. The topological polar surface area (TPSA) is 61.3 Å². The Morgan fingerprint density at radius 3 is 2.66 bits per heavy atom. The first-order chi connectivity index (χ1) is 15.3. The van der Waals surface area contributed by atoms with Crippen LogP contribution in [0.5, 0.6) is 5.75 Å². The Balaban J connectivity index is 1.35. The van der Waals surface area contributed by atoms with E-state index in [1.165, 1.54) is 0 Å². The summed E-state index contributed by atoms with van der Waals surface area (Å²) in [6.07, 6.45) is 1.32. The molecule has 0 amide bonds. The number of ether oxygens (including phenoxy) is 2. The molecule has 172 valence electrons. The summed E-state index contributed by atoms with van der Waals surface area (Å²) in [5, 5.41) is 0. The zero-order valence-electron chi connectivity index (χ0n) is 18.0. The Hall–Kier alpha value is -2.64. The molecule has 2 saturated carbocycles. The van der Waals surface area contributed by atoms with Gasteiger partial charge in [-0.3, -0.25) is 14.8 Å². The Labute approximate surface area is 185 Å². The molecule has 8 heteroatoms. The van der Waals surface area contributed by atoms with Gasteiger partial charge in [-0.1, -0.05) is 6.07 Å². The monoisotopic (exact) mass is 448 g/mol. The molecule has 0 N–H and O–H groups in total. The van der Waals surface area contributed by atoms with Crippen LogP contribution in [-0.2, 0) is 9.53 Å². The summed E-state index contributed by atoms with van der Waals surface area (Å²) in [5.41, 5.74) is 2.38. The highest BCUT2D eigenvalue weighted by Gasteiger charge is 2.46. The van der Waals surface area contributed by atoms with Crippen molar-refractivity contribution in [1.29, 1.82) is 0 Å². The molecule has 0 unspecified atom stereocenters. The minimum Gasteiger partial charge on any atom is -0.492 e. The molecule has 2 aliphatic carbocycles. The lowest BCUT2D eigenvalue weighted by molar-refractivity contribution is -0.184. The molecule has 0 bridgehead atoms. The average Bonchev–Trinajstić information content (AvgIpc) is 3.59. The molecule has 2 atom stereocenters. The number of alkyl halides is 3. The van der Waals surface area contributed by atoms with Crippen molar-refractivity contribution in [1.82, 2.24) is 9.97 Å². The Bertz CT molecular complexity index is 942. The lowest BCUT2D eigenvalue weighted by atomic mass is 9.82. The number of esters is 1. The predicted octanol–water partition coefficient (Wildman–Crippen LogP) is 5.56. The maximum atomic E-state index is 12.8. The lowest BCUT2D eigenvalue weighted by Gasteiger charge is -2.29. The highest BCUT2D eigenvalue weighted by atomic mass is 19.4. The third-order valence-corrected chi connectivity index (χ3v) is 6.33. The Morgan fingerprint density at radius 2 is 1.94 bits per heavy atom. The van der Waals surface area contributed by atoms with Gasteiger partial charge in [-0.25, -0.2) is 0 Å². The van der Waals surface area contributed by atoms with E-state index < -0.39 is 12.1 Å². The largest absolute Gasteiger partial charge is 0.492 e. The van der Waals surface area contributed by atoms with Crippen LogP contribution >= 0.6 is 0 Å². The maximum Gasteiger partial charge on any atom is 0.391 e. The number of hydrogen-bond donors (Lipinski definition) is 0. The smallest absolute Gasteiger partial charge is 0.391 e. The van der Waals surface area contributed by atoms with Gasteiger partial charge in [-0.05, 0) is 63.1 Å². The van der Waals surface area contributed by atoms with Crippen molar-refractivity contribution < 1.29 is 27.4 Å². The first kappa shape index (κ1) is 22.6. The van der Waals surface area contributed by atoms with Crippen molar-refractivity contribution in [2.75, 3.05) is 13.2 Å². The van der Waals surface area contributed by atoms with Crippen molar-refractivity contribution in [3.05, 3.63) is 42.4 Å². The van der Waals surface area contributed by atoms with Gasteiger partial charge >= 0.3 is 12.1 Å². The van der Waals surface area contributed by atoms with Crippen LogP contribution in [0, 0.1) is 17.8 Å². The molecule has 2 aliphatic rings. The van der Waals surface area contributed by atoms with Crippen LogP contribution < -0.4 is 4.74 Å². The van der Waals surface area contributed by atoms with Crippen LogP contribution in [0.2, 0.25) is 0 Å². The quantitative estimate of drug-likeness (QED) is 0.519. The van der Waals surface area contributed by atoms with E-state index in [4.69, 9.17) is 14.5 Å². The van der Waals surface area contributed by atoms with Crippen LogP contribution in [0.3, 0.4) is 0 Å². The van der Waals surface area contributed by atoms with Crippen molar-refractivity contribution in [2.45, 2.75) is 51.1 Å². The highest BCUT2D eigenvalue weighted by molar-refractivity contribution is 5.77. The van der Waals surface area contributed by atoms with Gasteiger partial charge in [-0.15, -0.1) is 0 Å². The predicted molar refractivity (Wildman–Crippen MR) is 112 cm³/mol. The molecule has 2 fully saturated rings. The fraction of sp³-hybridized carbons (Fsp3) is 0.542. The van der Waals surface area contributed by atoms with Crippen molar-refractivity contribution in [2.24, 2.45) is 17.8 Å². The number of hydrogen-bond acceptors (Lipinski definition) is 5. The number of rotatable bonds is 7. The summed E-state index contributed by atoms with van der Waals surface area (Å²) in [5.74, 6) is -0.717. The summed E-state index contributed by atoms with van der Waals surface area (Å²) in [6, 6.07) is 7.55. The molecular weight excluding hydrogens is 421 g/mol. The SMILES string of the molecule is CCOC(=O)[C@@H]1C[C@H]1c1cccc(-c2cncc(OCC3CCC(C(F)(F)F)CC3)c2)n1. The Morgan fingerprint density at radius 1 is 1.16 bits per heavy atom. The maximum absolute atomic E-state index is 12.8. The zero-order chi connectivity index (χ0) is 22.7. The van der Waals surface area contributed by atoms with E-state index in [9.17, 15) is 18.0 Å². The Kier molecular flexibility index (Phi) is 6.67. The zero-order valence-corrected chi connectivity index (χ0v) is 18.0. The van der Waals surface area contributed by atoms with E-state index in [1.807, 2.05) is 24.3 Å². The normalized spacial score (nSPS) is 25.2. The van der Waals surface area contributed by atoms with E-state index in [0.29, 0.717) is 31.8 Å². The first-order valence-electron chi connectivity index (χ1n) is 11.1. The molecule has 0 aliphatic heterocycles. The molecule has 2 heterocycles. The minimum absolute atomic E-state index is 0.0771. The first-order valence-corrected chi connectivity index (χ1v) is 11.1. The third kappa shape index (κ3) is 5.40. The van der Waals surface area contributed by atoms with Gasteiger partial charge in [0.1, 0.15) is 5.75 Å². The number of aromatic nitrogens is 2. The summed E-state index contributed by atoms with van der Waals surface area (Å²) in [6.45, 7) is 2.55. The number of halogens is 3. The number of nitrogens with zero attached hydrogens (tertiary/aromatic N) is 2. The van der Waals surface area contributed by atoms with Gasteiger partial charge in [0.25, 0.3) is 0 Å². The van der Waals surface area contributed by atoms with Crippen molar-refractivity contribution >= 4 is 5.97 Å². The van der Waals surface area contributed by atoms with Gasteiger partial charge in [0.2, 0.25) is 0 Å². The van der Waals surface area contributed by atoms with Crippen LogP contribution in [0.15, 0.2) is 36.7 Å². The molecule has 0 radical (unpaired) electrons. The van der Waals surface area contributed by atoms with Crippen LogP contribution in [0.25, 0.3) is 11.3 Å². The van der Waals surface area contributed by atoms with E-state index in [2.05, 4.69) is 4.98 Å². The fourth-order valence-corrected chi connectivity index (χ4v) is 4.36. The van der Waals surface area contributed by atoms with Gasteiger partial charge in [-0.2, -0.15) is 13.2 Å². The van der Waals surface area contributed by atoms with Crippen molar-refractivity contribution in [3.63, 3.8) is 0 Å². The molecule has 5 nitrogen and oxygen atoms in total. The van der Waals surface area contributed by atoms with E-state index >= 15 is 0 Å². The second-order valence-corrected chi connectivity index (χ2v) is 8.63. The average molecular weight is 448 g/mol. The standard InChI is InChI=1S/C24H27F3N2O3/c1-2-31-23(30)20-11-19(20)22-5-3-4-21(29-22)16-10-18(13-28-12-16)32-14-15-6-8-17(9-7-15)24(25,26)27/h3-5,10,12-13,15,17,19-20H,2,6-9,11,14H2,1H3/t15?,17?,19-,20-/m1/s1. The third-order valence-electron chi connectivity index (χ3n) is 6.33. The molecule has 0 aromatic carbocycles. The van der Waals surface area contributed by atoms with Gasteiger partial charge in [0.05, 0.1) is 36.9 Å². The van der Waals surface area contributed by atoms with E-state index in [0.717, 1.165) is 23.4 Å². The van der Waals surface area contributed by atoms with Crippen molar-refractivity contribution in [3.8, 4) is 17.0 Å². The minimum atomic E-state index is -4.09. The molecule has 0 saturated heterocycles. The van der Waals surface area contributed by atoms with Gasteiger partial charge < -0.3 is 9.47 Å². The van der Waals surface area contributed by atoms with Crippen LogP contribution in [0.1, 0.15) is 50.6 Å². The second-order valence-electron chi connectivity index (χ2n) is 8.63. The summed E-state index contributed by atoms with van der Waals surface area (Å²) in [7, 11) is 0.